The van der Waals surface area contributed by atoms with E-state index in [2.05, 4.69) is 9.71 Å². The van der Waals surface area contributed by atoms with Gasteiger partial charge in [0.15, 0.2) is 0 Å². The molecule has 1 heterocycles. The maximum Gasteiger partial charge on any atom is 0.262 e. The van der Waals surface area contributed by atoms with E-state index in [0.29, 0.717) is 10.6 Å². The SMILES string of the molecule is Cc1cc(C)c(C)c(S(=O)(=O)Nc2cnc3ccccc3c2)c1C. The molecule has 4 nitrogen and oxygen atoms in total. The molecule has 0 saturated heterocycles. The lowest BCUT2D eigenvalue weighted by Crippen LogP contribution is -2.17. The molecule has 124 valence electrons. The van der Waals surface area contributed by atoms with Crippen LogP contribution in [0.5, 0.6) is 0 Å². The fourth-order valence-electron chi connectivity index (χ4n) is 2.92. The van der Waals surface area contributed by atoms with E-state index >= 15 is 0 Å². The number of pyridine rings is 1. The van der Waals surface area contributed by atoms with E-state index in [1.165, 1.54) is 0 Å². The van der Waals surface area contributed by atoms with E-state index in [0.717, 1.165) is 33.2 Å². The van der Waals surface area contributed by atoms with Gasteiger partial charge in [0.1, 0.15) is 0 Å². The van der Waals surface area contributed by atoms with Gasteiger partial charge in [-0.15, -0.1) is 0 Å². The molecule has 1 N–H and O–H groups in total. The Balaban J connectivity index is 2.08. The van der Waals surface area contributed by atoms with Gasteiger partial charge in [-0.25, -0.2) is 8.42 Å². The van der Waals surface area contributed by atoms with Gasteiger partial charge in [0.2, 0.25) is 0 Å². The summed E-state index contributed by atoms with van der Waals surface area (Å²) in [5.74, 6) is 0. The number of rotatable bonds is 3. The number of fused-ring (bicyclic) bond motifs is 1. The van der Waals surface area contributed by atoms with Crippen LogP contribution in [0.25, 0.3) is 10.9 Å². The first-order valence-corrected chi connectivity index (χ1v) is 9.23. The standard InChI is InChI=1S/C19H20N2O2S/c1-12-9-13(2)15(4)19(14(12)3)24(22,23)21-17-10-16-7-5-6-8-18(16)20-11-17/h5-11,21H,1-4H3. The average molecular weight is 340 g/mol. The second-order valence-corrected chi connectivity index (χ2v) is 7.73. The van der Waals surface area contributed by atoms with Gasteiger partial charge in [-0.2, -0.15) is 0 Å². The molecule has 3 aromatic rings. The Morgan fingerprint density at radius 1 is 0.917 bits per heavy atom. The smallest absolute Gasteiger partial charge is 0.262 e. The molecule has 1 aromatic heterocycles. The number of aryl methyl sites for hydroxylation is 2. The number of benzene rings is 2. The second kappa shape index (κ2) is 5.91. The third-order valence-corrected chi connectivity index (χ3v) is 6.06. The van der Waals surface area contributed by atoms with Crippen LogP contribution in [-0.2, 0) is 10.0 Å². The van der Waals surface area contributed by atoms with Gasteiger partial charge in [0.05, 0.1) is 22.3 Å². The first-order chi connectivity index (χ1) is 11.3. The molecule has 0 bridgehead atoms. The lowest BCUT2D eigenvalue weighted by atomic mass is 10.0. The van der Waals surface area contributed by atoms with Gasteiger partial charge in [0, 0.05) is 5.39 Å². The van der Waals surface area contributed by atoms with E-state index in [1.54, 1.807) is 12.3 Å². The largest absolute Gasteiger partial charge is 0.278 e. The molecule has 24 heavy (non-hydrogen) atoms. The molecule has 0 aliphatic rings. The maximum absolute atomic E-state index is 12.9. The van der Waals surface area contributed by atoms with Crippen LogP contribution in [0.4, 0.5) is 5.69 Å². The van der Waals surface area contributed by atoms with Crippen LogP contribution >= 0.6 is 0 Å². The van der Waals surface area contributed by atoms with Crippen LogP contribution in [0, 0.1) is 27.7 Å². The first kappa shape index (κ1) is 16.5. The number of aromatic nitrogens is 1. The van der Waals surface area contributed by atoms with E-state index in [4.69, 9.17) is 0 Å². The van der Waals surface area contributed by atoms with Crippen LogP contribution in [-0.4, -0.2) is 13.4 Å². The number of sulfonamides is 1. The van der Waals surface area contributed by atoms with Crippen molar-refractivity contribution in [3.05, 3.63) is 64.8 Å². The van der Waals surface area contributed by atoms with Crippen LogP contribution in [0.3, 0.4) is 0 Å². The van der Waals surface area contributed by atoms with Crippen LogP contribution in [0.15, 0.2) is 47.5 Å². The zero-order chi connectivity index (χ0) is 17.5. The Morgan fingerprint density at radius 3 is 2.21 bits per heavy atom. The van der Waals surface area contributed by atoms with Gasteiger partial charge in [-0.05, 0) is 62.1 Å². The summed E-state index contributed by atoms with van der Waals surface area (Å²) >= 11 is 0. The molecule has 2 aromatic carbocycles. The van der Waals surface area contributed by atoms with Crippen molar-refractivity contribution in [1.29, 1.82) is 0 Å². The van der Waals surface area contributed by atoms with Crippen LogP contribution < -0.4 is 4.72 Å². The first-order valence-electron chi connectivity index (χ1n) is 7.74. The number of nitrogens with one attached hydrogen (secondary N) is 1. The number of para-hydroxylation sites is 1. The molecule has 0 saturated carbocycles. The normalized spacial score (nSPS) is 11.7. The number of anilines is 1. The Bertz CT molecular complexity index is 1010. The molecular formula is C19H20N2O2S. The minimum absolute atomic E-state index is 0.355. The van der Waals surface area contributed by atoms with Gasteiger partial charge < -0.3 is 0 Å². The van der Waals surface area contributed by atoms with Gasteiger partial charge >= 0.3 is 0 Å². The summed E-state index contributed by atoms with van der Waals surface area (Å²) in [4.78, 5) is 4.67. The Kier molecular flexibility index (Phi) is 4.05. The molecule has 0 spiro atoms. The monoisotopic (exact) mass is 340 g/mol. The van der Waals surface area contributed by atoms with Gasteiger partial charge in [-0.1, -0.05) is 24.3 Å². The highest BCUT2D eigenvalue weighted by Gasteiger charge is 2.22. The molecular weight excluding hydrogens is 320 g/mol. The summed E-state index contributed by atoms with van der Waals surface area (Å²) in [7, 11) is -3.68. The van der Waals surface area contributed by atoms with E-state index in [9.17, 15) is 8.42 Å². The number of nitrogens with zero attached hydrogens (tertiary/aromatic N) is 1. The van der Waals surface area contributed by atoms with Crippen molar-refractivity contribution >= 4 is 26.6 Å². The maximum atomic E-state index is 12.9. The molecule has 5 heteroatoms. The highest BCUT2D eigenvalue weighted by Crippen LogP contribution is 2.28. The highest BCUT2D eigenvalue weighted by molar-refractivity contribution is 7.92. The van der Waals surface area contributed by atoms with Crippen molar-refractivity contribution in [3.63, 3.8) is 0 Å². The third kappa shape index (κ3) is 2.87. The van der Waals surface area contributed by atoms with Crippen molar-refractivity contribution in [2.24, 2.45) is 0 Å². The van der Waals surface area contributed by atoms with E-state index < -0.39 is 10.0 Å². The topological polar surface area (TPSA) is 59.1 Å². The Labute approximate surface area is 142 Å². The summed E-state index contributed by atoms with van der Waals surface area (Å²) < 4.78 is 28.6. The summed E-state index contributed by atoms with van der Waals surface area (Å²) in [6.07, 6.45) is 1.55. The van der Waals surface area contributed by atoms with E-state index in [-0.39, 0.29) is 0 Å². The van der Waals surface area contributed by atoms with Crippen LogP contribution in [0.2, 0.25) is 0 Å². The van der Waals surface area contributed by atoms with Crippen molar-refractivity contribution in [2.45, 2.75) is 32.6 Å². The molecule has 0 fully saturated rings. The zero-order valence-corrected chi connectivity index (χ0v) is 15.0. The third-order valence-electron chi connectivity index (χ3n) is 4.41. The predicted octanol–water partition coefficient (Wildman–Crippen LogP) is 4.27. The number of hydrogen-bond acceptors (Lipinski definition) is 3. The second-order valence-electron chi connectivity index (χ2n) is 6.11. The summed E-state index contributed by atoms with van der Waals surface area (Å²) in [6, 6.07) is 11.4. The Hall–Kier alpha value is -2.40. The fourth-order valence-corrected chi connectivity index (χ4v) is 4.57. The number of hydrogen-bond donors (Lipinski definition) is 1. The molecule has 0 atom stereocenters. The van der Waals surface area contributed by atoms with Crippen molar-refractivity contribution < 1.29 is 8.42 Å². The summed E-state index contributed by atoms with van der Waals surface area (Å²) in [5, 5.41) is 0.895. The zero-order valence-electron chi connectivity index (χ0n) is 14.2. The van der Waals surface area contributed by atoms with Crippen LogP contribution in [0.1, 0.15) is 22.3 Å². The summed E-state index contributed by atoms with van der Waals surface area (Å²) in [6.45, 7) is 7.54. The molecule has 0 radical (unpaired) electrons. The molecule has 0 unspecified atom stereocenters. The summed E-state index contributed by atoms with van der Waals surface area (Å²) in [5.41, 5.74) is 4.79. The molecule has 0 aliphatic heterocycles. The molecule has 3 rings (SSSR count). The minimum Gasteiger partial charge on any atom is -0.278 e. The molecule has 0 amide bonds. The Morgan fingerprint density at radius 2 is 1.54 bits per heavy atom. The van der Waals surface area contributed by atoms with Crippen molar-refractivity contribution in [3.8, 4) is 0 Å². The predicted molar refractivity (Wildman–Crippen MR) is 97.9 cm³/mol. The average Bonchev–Trinajstić information content (AvgIpc) is 2.52. The highest BCUT2D eigenvalue weighted by atomic mass is 32.2. The van der Waals surface area contributed by atoms with Crippen molar-refractivity contribution in [2.75, 3.05) is 4.72 Å². The minimum atomic E-state index is -3.68. The fraction of sp³-hybridized carbons (Fsp3) is 0.211. The van der Waals surface area contributed by atoms with Gasteiger partial charge in [-0.3, -0.25) is 9.71 Å². The lowest BCUT2D eigenvalue weighted by Gasteiger charge is -2.16. The quantitative estimate of drug-likeness (QED) is 0.774. The van der Waals surface area contributed by atoms with Gasteiger partial charge in [0.25, 0.3) is 10.0 Å². The van der Waals surface area contributed by atoms with Crippen molar-refractivity contribution in [1.82, 2.24) is 4.98 Å². The van der Waals surface area contributed by atoms with E-state index in [1.807, 2.05) is 58.0 Å². The molecule has 0 aliphatic carbocycles. The lowest BCUT2D eigenvalue weighted by molar-refractivity contribution is 0.599.